The molecule has 1 aromatic carbocycles. The van der Waals surface area contributed by atoms with Crippen molar-refractivity contribution in [2.75, 3.05) is 26.2 Å². The fraction of sp³-hybridized carbons (Fsp3) is 0.500. The van der Waals surface area contributed by atoms with Crippen LogP contribution in [-0.4, -0.2) is 71.6 Å². The monoisotopic (exact) mass is 428 g/mol. The number of fused-ring (bicyclic) bond motifs is 1. The number of hydrogen-bond acceptors (Lipinski definition) is 5. The summed E-state index contributed by atoms with van der Waals surface area (Å²) in [5.41, 5.74) is 0.793. The minimum atomic E-state index is -0.356. The molecule has 1 atom stereocenters. The van der Waals surface area contributed by atoms with E-state index in [2.05, 4.69) is 10.6 Å². The molecule has 1 unspecified atom stereocenters. The molecule has 0 aromatic heterocycles. The summed E-state index contributed by atoms with van der Waals surface area (Å²) in [4.78, 5) is 63.5. The lowest BCUT2D eigenvalue weighted by Gasteiger charge is -2.20. The fourth-order valence-electron chi connectivity index (χ4n) is 3.87. The molecule has 3 rings (SSSR count). The SMILES string of the molecule is CC(C)N1CC(C(=O)NCCNC(=O)CCCN2C(=O)c3ccccc3C2=O)CC1=O. The zero-order valence-electron chi connectivity index (χ0n) is 17.8. The van der Waals surface area contributed by atoms with E-state index in [1.807, 2.05) is 13.8 Å². The van der Waals surface area contributed by atoms with Gasteiger partial charge < -0.3 is 15.5 Å². The molecule has 1 fully saturated rings. The smallest absolute Gasteiger partial charge is 0.261 e. The quantitative estimate of drug-likeness (QED) is 0.440. The highest BCUT2D eigenvalue weighted by atomic mass is 16.2. The molecule has 5 amide bonds. The zero-order valence-corrected chi connectivity index (χ0v) is 17.8. The van der Waals surface area contributed by atoms with E-state index < -0.39 is 0 Å². The van der Waals surface area contributed by atoms with Crippen molar-refractivity contribution < 1.29 is 24.0 Å². The first kappa shape index (κ1) is 22.5. The predicted molar refractivity (Wildman–Crippen MR) is 112 cm³/mol. The van der Waals surface area contributed by atoms with Crippen molar-refractivity contribution in [3.63, 3.8) is 0 Å². The van der Waals surface area contributed by atoms with E-state index in [0.717, 1.165) is 0 Å². The molecule has 9 heteroatoms. The van der Waals surface area contributed by atoms with E-state index in [1.54, 1.807) is 29.2 Å². The number of hydrogen-bond donors (Lipinski definition) is 2. The summed E-state index contributed by atoms with van der Waals surface area (Å²) >= 11 is 0. The van der Waals surface area contributed by atoms with Gasteiger partial charge in [-0.15, -0.1) is 0 Å². The molecule has 2 N–H and O–H groups in total. The van der Waals surface area contributed by atoms with Crippen LogP contribution in [0.2, 0.25) is 0 Å². The Bertz CT molecular complexity index is 863. The van der Waals surface area contributed by atoms with Crippen molar-refractivity contribution in [3.8, 4) is 0 Å². The molecule has 2 heterocycles. The molecule has 1 saturated heterocycles. The van der Waals surface area contributed by atoms with Gasteiger partial charge >= 0.3 is 0 Å². The summed E-state index contributed by atoms with van der Waals surface area (Å²) in [6.45, 7) is 4.98. The highest BCUT2D eigenvalue weighted by Crippen LogP contribution is 2.22. The van der Waals surface area contributed by atoms with Gasteiger partial charge in [0.05, 0.1) is 17.0 Å². The van der Waals surface area contributed by atoms with Crippen LogP contribution in [0.1, 0.15) is 53.8 Å². The van der Waals surface area contributed by atoms with Crippen LogP contribution < -0.4 is 10.6 Å². The van der Waals surface area contributed by atoms with E-state index in [0.29, 0.717) is 24.1 Å². The van der Waals surface area contributed by atoms with Crippen molar-refractivity contribution in [3.05, 3.63) is 35.4 Å². The van der Waals surface area contributed by atoms with E-state index in [1.165, 1.54) is 4.90 Å². The molecule has 0 saturated carbocycles. The second-order valence-corrected chi connectivity index (χ2v) is 8.09. The molecule has 2 aliphatic heterocycles. The summed E-state index contributed by atoms with van der Waals surface area (Å²) in [5, 5.41) is 5.46. The van der Waals surface area contributed by atoms with E-state index in [9.17, 15) is 24.0 Å². The second-order valence-electron chi connectivity index (χ2n) is 8.09. The number of benzene rings is 1. The Morgan fingerprint density at radius 3 is 2.23 bits per heavy atom. The van der Waals surface area contributed by atoms with E-state index in [4.69, 9.17) is 0 Å². The van der Waals surface area contributed by atoms with Gasteiger partial charge in [-0.25, -0.2) is 0 Å². The first-order valence-electron chi connectivity index (χ1n) is 10.6. The Hall–Kier alpha value is -3.23. The third-order valence-electron chi connectivity index (χ3n) is 5.56. The molecule has 2 aliphatic rings. The van der Waals surface area contributed by atoms with Gasteiger partial charge in [0.25, 0.3) is 11.8 Å². The minimum absolute atomic E-state index is 0.0125. The third-order valence-corrected chi connectivity index (χ3v) is 5.56. The Kier molecular flexibility index (Phi) is 7.04. The third kappa shape index (κ3) is 5.10. The maximum absolute atomic E-state index is 12.3. The molecule has 31 heavy (non-hydrogen) atoms. The average Bonchev–Trinajstić information content (AvgIpc) is 3.25. The molecular weight excluding hydrogens is 400 g/mol. The van der Waals surface area contributed by atoms with Crippen LogP contribution in [-0.2, 0) is 14.4 Å². The number of carbonyl (C=O) groups is 5. The van der Waals surface area contributed by atoms with Crippen LogP contribution in [0.5, 0.6) is 0 Å². The van der Waals surface area contributed by atoms with Gasteiger partial charge in [0.2, 0.25) is 17.7 Å². The van der Waals surface area contributed by atoms with Crippen LogP contribution in [0, 0.1) is 5.92 Å². The molecule has 0 radical (unpaired) electrons. The van der Waals surface area contributed by atoms with Crippen molar-refractivity contribution in [1.29, 1.82) is 0 Å². The lowest BCUT2D eigenvalue weighted by atomic mass is 10.1. The Morgan fingerprint density at radius 1 is 1.03 bits per heavy atom. The number of imide groups is 1. The van der Waals surface area contributed by atoms with Gasteiger partial charge in [-0.1, -0.05) is 12.1 Å². The predicted octanol–water partition coefficient (Wildman–Crippen LogP) is 0.552. The summed E-state index contributed by atoms with van der Waals surface area (Å²) in [7, 11) is 0. The number of nitrogens with one attached hydrogen (secondary N) is 2. The van der Waals surface area contributed by atoms with Gasteiger partial charge in [0.15, 0.2) is 0 Å². The zero-order chi connectivity index (χ0) is 22.5. The first-order valence-corrected chi connectivity index (χ1v) is 10.6. The Balaban J connectivity index is 1.31. The maximum atomic E-state index is 12.3. The Labute approximate surface area is 181 Å². The second kappa shape index (κ2) is 9.72. The lowest BCUT2D eigenvalue weighted by Crippen LogP contribution is -2.39. The summed E-state index contributed by atoms with van der Waals surface area (Å²) in [6, 6.07) is 6.75. The normalized spacial score (nSPS) is 18.0. The first-order chi connectivity index (χ1) is 14.8. The molecular formula is C22H28N4O5. The standard InChI is InChI=1S/C22H28N4O5/c1-14(2)26-13-15(12-19(26)28)20(29)24-10-9-23-18(27)8-5-11-25-21(30)16-6-3-4-7-17(16)22(25)31/h3-4,6-7,14-15H,5,8-13H2,1-2H3,(H,23,27)(H,24,29). The fourth-order valence-corrected chi connectivity index (χ4v) is 3.87. The van der Waals surface area contributed by atoms with Gasteiger partial charge in [-0.3, -0.25) is 28.9 Å². The highest BCUT2D eigenvalue weighted by Gasteiger charge is 2.35. The molecule has 166 valence electrons. The maximum Gasteiger partial charge on any atom is 0.261 e. The van der Waals surface area contributed by atoms with Crippen LogP contribution >= 0.6 is 0 Å². The van der Waals surface area contributed by atoms with Crippen LogP contribution in [0.3, 0.4) is 0 Å². The lowest BCUT2D eigenvalue weighted by molar-refractivity contribution is -0.129. The van der Waals surface area contributed by atoms with Crippen molar-refractivity contribution in [2.24, 2.45) is 5.92 Å². The topological polar surface area (TPSA) is 116 Å². The summed E-state index contributed by atoms with van der Waals surface area (Å²) < 4.78 is 0. The minimum Gasteiger partial charge on any atom is -0.354 e. The highest BCUT2D eigenvalue weighted by molar-refractivity contribution is 6.21. The van der Waals surface area contributed by atoms with Crippen molar-refractivity contribution in [2.45, 2.75) is 39.2 Å². The van der Waals surface area contributed by atoms with Gasteiger partial charge in [-0.2, -0.15) is 0 Å². The van der Waals surface area contributed by atoms with Gasteiger partial charge in [-0.05, 0) is 32.4 Å². The summed E-state index contributed by atoms with van der Waals surface area (Å²) in [5.74, 6) is -1.42. The molecule has 1 aromatic rings. The van der Waals surface area contributed by atoms with Gasteiger partial charge in [0, 0.05) is 45.1 Å². The average molecular weight is 428 g/mol. The van der Waals surface area contributed by atoms with Crippen molar-refractivity contribution >= 4 is 29.5 Å². The largest absolute Gasteiger partial charge is 0.354 e. The molecule has 0 bridgehead atoms. The Morgan fingerprint density at radius 2 is 1.65 bits per heavy atom. The molecule has 0 spiro atoms. The van der Waals surface area contributed by atoms with Gasteiger partial charge in [0.1, 0.15) is 0 Å². The molecule has 9 nitrogen and oxygen atoms in total. The number of nitrogens with zero attached hydrogens (tertiary/aromatic N) is 2. The molecule has 0 aliphatic carbocycles. The number of likely N-dealkylation sites (tertiary alicyclic amines) is 1. The number of carbonyl (C=O) groups excluding carboxylic acids is 5. The number of rotatable bonds is 9. The van der Waals surface area contributed by atoms with Crippen LogP contribution in [0.4, 0.5) is 0 Å². The van der Waals surface area contributed by atoms with Crippen LogP contribution in [0.15, 0.2) is 24.3 Å². The van der Waals surface area contributed by atoms with Crippen molar-refractivity contribution in [1.82, 2.24) is 20.4 Å². The van der Waals surface area contributed by atoms with E-state index in [-0.39, 0.29) is 74.0 Å². The summed E-state index contributed by atoms with van der Waals surface area (Å²) in [6.07, 6.45) is 0.745. The van der Waals surface area contributed by atoms with Crippen LogP contribution in [0.25, 0.3) is 0 Å². The van der Waals surface area contributed by atoms with E-state index >= 15 is 0 Å². The number of amides is 5.